The summed E-state index contributed by atoms with van der Waals surface area (Å²) in [6, 6.07) is 0. The minimum absolute atomic E-state index is 0.257. The van der Waals surface area contributed by atoms with Gasteiger partial charge in [-0.15, -0.1) is 0 Å². The second kappa shape index (κ2) is 11.9. The van der Waals surface area contributed by atoms with E-state index in [-0.39, 0.29) is 12.2 Å². The molecule has 0 spiro atoms. The number of ether oxygens (including phenoxy) is 1. The van der Waals surface area contributed by atoms with Crippen molar-refractivity contribution in [3.8, 4) is 0 Å². The first-order chi connectivity index (χ1) is 10.6. The maximum Gasteiger partial charge on any atom is 0.222 e. The van der Waals surface area contributed by atoms with Gasteiger partial charge in [0.25, 0.3) is 0 Å². The molecule has 1 amide bonds. The fourth-order valence-electron chi connectivity index (χ4n) is 3.20. The Kier molecular flexibility index (Phi) is 10.6. The quantitative estimate of drug-likeness (QED) is 0.478. The van der Waals surface area contributed by atoms with Crippen molar-refractivity contribution < 1.29 is 9.53 Å². The zero-order valence-electron chi connectivity index (χ0n) is 15.1. The average molecular weight is 312 g/mol. The molecule has 1 unspecified atom stereocenters. The first kappa shape index (κ1) is 19.5. The minimum atomic E-state index is 0.257. The van der Waals surface area contributed by atoms with Crippen LogP contribution < -0.4 is 0 Å². The molecule has 0 aromatic rings. The lowest BCUT2D eigenvalue weighted by molar-refractivity contribution is -0.131. The fraction of sp³-hybridized carbons (Fsp3) is 0.947. The molecule has 1 rings (SSSR count). The highest BCUT2D eigenvalue weighted by Gasteiger charge is 2.26. The van der Waals surface area contributed by atoms with Crippen LogP contribution in [0.1, 0.15) is 91.4 Å². The van der Waals surface area contributed by atoms with E-state index in [4.69, 9.17) is 4.74 Å². The van der Waals surface area contributed by atoms with E-state index in [9.17, 15) is 4.79 Å². The molecule has 3 nitrogen and oxygen atoms in total. The van der Waals surface area contributed by atoms with Crippen LogP contribution in [0.2, 0.25) is 0 Å². The third-order valence-corrected chi connectivity index (χ3v) is 4.46. The predicted octanol–water partition coefficient (Wildman–Crippen LogP) is 4.93. The number of unbranched alkanes of at least 4 members (excludes halogenated alkanes) is 8. The summed E-state index contributed by atoms with van der Waals surface area (Å²) < 4.78 is 5.80. The van der Waals surface area contributed by atoms with Crippen LogP contribution in [-0.4, -0.2) is 36.1 Å². The van der Waals surface area contributed by atoms with Gasteiger partial charge in [-0.25, -0.2) is 0 Å². The molecule has 0 aromatic heterocycles. The first-order valence-corrected chi connectivity index (χ1v) is 9.56. The van der Waals surface area contributed by atoms with E-state index in [1.54, 1.807) is 0 Å². The third kappa shape index (κ3) is 8.77. The van der Waals surface area contributed by atoms with Crippen molar-refractivity contribution in [2.24, 2.45) is 0 Å². The van der Waals surface area contributed by atoms with Crippen LogP contribution in [0.3, 0.4) is 0 Å². The number of carbonyl (C=O) groups is 1. The number of nitrogens with zero attached hydrogens (tertiary/aromatic N) is 1. The summed E-state index contributed by atoms with van der Waals surface area (Å²) >= 11 is 0. The topological polar surface area (TPSA) is 29.5 Å². The molecule has 0 aliphatic carbocycles. The van der Waals surface area contributed by atoms with E-state index in [1.807, 2.05) is 4.90 Å². The lowest BCUT2D eigenvalue weighted by Gasteiger charge is -2.18. The van der Waals surface area contributed by atoms with Gasteiger partial charge in [-0.1, -0.05) is 58.3 Å². The molecule has 0 saturated carbocycles. The molecule has 130 valence electrons. The molecule has 0 N–H and O–H groups in total. The molecule has 3 heteroatoms. The van der Waals surface area contributed by atoms with Crippen LogP contribution in [-0.2, 0) is 9.53 Å². The van der Waals surface area contributed by atoms with Crippen molar-refractivity contribution in [2.45, 2.75) is 104 Å². The molecule has 1 saturated heterocycles. The van der Waals surface area contributed by atoms with Gasteiger partial charge in [0.05, 0.1) is 12.2 Å². The molecule has 1 aliphatic heterocycles. The highest BCUT2D eigenvalue weighted by atomic mass is 16.5. The summed E-state index contributed by atoms with van der Waals surface area (Å²) in [6.07, 6.45) is 14.0. The van der Waals surface area contributed by atoms with E-state index < -0.39 is 0 Å². The van der Waals surface area contributed by atoms with Crippen molar-refractivity contribution in [3.63, 3.8) is 0 Å². The first-order valence-electron chi connectivity index (χ1n) is 9.56. The SMILES string of the molecule is CCCCCCCCCCCC(=O)N1CCC(OC(C)C)C1. The van der Waals surface area contributed by atoms with Crippen molar-refractivity contribution in [1.82, 2.24) is 4.90 Å². The molecule has 0 aromatic carbocycles. The molecule has 0 bridgehead atoms. The minimum Gasteiger partial charge on any atom is -0.374 e. The van der Waals surface area contributed by atoms with Crippen molar-refractivity contribution in [1.29, 1.82) is 0 Å². The Bertz CT molecular complexity index is 291. The number of amides is 1. The lowest BCUT2D eigenvalue weighted by Crippen LogP contribution is -2.30. The maximum absolute atomic E-state index is 12.2. The Labute approximate surface area is 137 Å². The van der Waals surface area contributed by atoms with Gasteiger partial charge in [0.2, 0.25) is 5.91 Å². The normalized spacial score (nSPS) is 18.4. The Hall–Kier alpha value is -0.570. The van der Waals surface area contributed by atoms with Gasteiger partial charge >= 0.3 is 0 Å². The fourth-order valence-corrected chi connectivity index (χ4v) is 3.20. The van der Waals surface area contributed by atoms with Crippen molar-refractivity contribution in [2.75, 3.05) is 13.1 Å². The molecule has 1 heterocycles. The van der Waals surface area contributed by atoms with E-state index in [2.05, 4.69) is 20.8 Å². The molecule has 1 atom stereocenters. The number of carbonyl (C=O) groups excluding carboxylic acids is 1. The van der Waals surface area contributed by atoms with Crippen molar-refractivity contribution >= 4 is 5.91 Å². The van der Waals surface area contributed by atoms with Crippen LogP contribution >= 0.6 is 0 Å². The molecule has 1 fully saturated rings. The van der Waals surface area contributed by atoms with Gasteiger partial charge in [0.15, 0.2) is 0 Å². The van der Waals surface area contributed by atoms with Crippen LogP contribution in [0.4, 0.5) is 0 Å². The molecular weight excluding hydrogens is 274 g/mol. The molecule has 0 radical (unpaired) electrons. The van der Waals surface area contributed by atoms with Gasteiger partial charge < -0.3 is 9.64 Å². The Morgan fingerprint density at radius 3 is 2.23 bits per heavy atom. The van der Waals surface area contributed by atoms with E-state index in [0.717, 1.165) is 32.4 Å². The number of rotatable bonds is 12. The Morgan fingerprint density at radius 2 is 1.64 bits per heavy atom. The maximum atomic E-state index is 12.2. The molecule has 22 heavy (non-hydrogen) atoms. The van der Waals surface area contributed by atoms with Gasteiger partial charge in [0.1, 0.15) is 0 Å². The standard InChI is InChI=1S/C19H37NO2/c1-4-5-6-7-8-9-10-11-12-13-19(21)20-15-14-18(16-20)22-17(2)3/h17-18H,4-16H2,1-3H3. The van der Waals surface area contributed by atoms with Crippen LogP contribution in [0.5, 0.6) is 0 Å². The van der Waals surface area contributed by atoms with Crippen LogP contribution in [0.15, 0.2) is 0 Å². The van der Waals surface area contributed by atoms with Gasteiger partial charge in [-0.05, 0) is 26.7 Å². The Balaban J connectivity index is 1.96. The number of hydrogen-bond donors (Lipinski definition) is 0. The number of likely N-dealkylation sites (tertiary alicyclic amines) is 1. The summed E-state index contributed by atoms with van der Waals surface area (Å²) in [5, 5.41) is 0. The summed E-state index contributed by atoms with van der Waals surface area (Å²) in [5.74, 6) is 0.331. The highest BCUT2D eigenvalue weighted by Crippen LogP contribution is 2.17. The van der Waals surface area contributed by atoms with Crippen LogP contribution in [0.25, 0.3) is 0 Å². The number of hydrogen-bond acceptors (Lipinski definition) is 2. The van der Waals surface area contributed by atoms with Gasteiger partial charge in [-0.3, -0.25) is 4.79 Å². The van der Waals surface area contributed by atoms with Gasteiger partial charge in [-0.2, -0.15) is 0 Å². The molecule has 1 aliphatic rings. The summed E-state index contributed by atoms with van der Waals surface area (Å²) in [5.41, 5.74) is 0. The summed E-state index contributed by atoms with van der Waals surface area (Å²) in [6.45, 7) is 8.07. The second-order valence-corrected chi connectivity index (χ2v) is 7.01. The zero-order chi connectivity index (χ0) is 16.2. The molecular formula is C19H37NO2. The summed E-state index contributed by atoms with van der Waals surface area (Å²) in [7, 11) is 0. The highest BCUT2D eigenvalue weighted by molar-refractivity contribution is 5.76. The second-order valence-electron chi connectivity index (χ2n) is 7.01. The van der Waals surface area contributed by atoms with Crippen LogP contribution in [0, 0.1) is 0 Å². The third-order valence-electron chi connectivity index (χ3n) is 4.46. The summed E-state index contributed by atoms with van der Waals surface area (Å²) in [4.78, 5) is 14.2. The zero-order valence-corrected chi connectivity index (χ0v) is 15.1. The average Bonchev–Trinajstić information content (AvgIpc) is 2.93. The smallest absolute Gasteiger partial charge is 0.222 e. The monoisotopic (exact) mass is 311 g/mol. The van der Waals surface area contributed by atoms with E-state index in [0.29, 0.717) is 5.91 Å². The largest absolute Gasteiger partial charge is 0.374 e. The Morgan fingerprint density at radius 1 is 1.05 bits per heavy atom. The van der Waals surface area contributed by atoms with E-state index >= 15 is 0 Å². The lowest BCUT2D eigenvalue weighted by atomic mass is 10.1. The van der Waals surface area contributed by atoms with Crippen molar-refractivity contribution in [3.05, 3.63) is 0 Å². The van der Waals surface area contributed by atoms with Gasteiger partial charge in [0, 0.05) is 19.5 Å². The predicted molar refractivity (Wildman–Crippen MR) is 93.1 cm³/mol. The van der Waals surface area contributed by atoms with E-state index in [1.165, 1.54) is 51.4 Å².